The van der Waals surface area contributed by atoms with Crippen LogP contribution in [0, 0.1) is 6.92 Å². The smallest absolute Gasteiger partial charge is 0.256 e. The van der Waals surface area contributed by atoms with Crippen molar-refractivity contribution in [2.24, 2.45) is 7.05 Å². The number of H-pyrrole nitrogens is 1. The fraction of sp³-hybridized carbons (Fsp3) is 0.562. The molecule has 1 amide bonds. The molecule has 1 aliphatic heterocycles. The number of carbonyl (C=O) groups excluding carboxylic acids is 1. The highest BCUT2D eigenvalue weighted by atomic mass is 16.2. The van der Waals surface area contributed by atoms with E-state index in [0.717, 1.165) is 31.7 Å². The van der Waals surface area contributed by atoms with Crippen LogP contribution in [-0.4, -0.2) is 62.9 Å². The second-order valence-electron chi connectivity index (χ2n) is 6.50. The minimum absolute atomic E-state index is 0.00954. The van der Waals surface area contributed by atoms with Crippen molar-refractivity contribution in [1.29, 1.82) is 0 Å². The number of aryl methyl sites for hydroxylation is 1. The zero-order valence-corrected chi connectivity index (χ0v) is 14.2. The maximum Gasteiger partial charge on any atom is 0.256 e. The van der Waals surface area contributed by atoms with E-state index in [1.807, 2.05) is 17.9 Å². The zero-order chi connectivity index (χ0) is 16.6. The van der Waals surface area contributed by atoms with Gasteiger partial charge in [-0.15, -0.1) is 0 Å². The number of nitrogens with one attached hydrogen (secondary N) is 1. The van der Waals surface area contributed by atoms with Crippen molar-refractivity contribution < 1.29 is 4.79 Å². The first kappa shape index (κ1) is 15.7. The van der Waals surface area contributed by atoms with Gasteiger partial charge in [0.1, 0.15) is 0 Å². The van der Waals surface area contributed by atoms with E-state index in [1.54, 1.807) is 25.2 Å². The summed E-state index contributed by atoms with van der Waals surface area (Å²) in [6.07, 6.45) is 4.63. The van der Waals surface area contributed by atoms with Gasteiger partial charge in [0.15, 0.2) is 0 Å². The van der Waals surface area contributed by atoms with Crippen LogP contribution in [0.1, 0.15) is 39.6 Å². The molecule has 0 bridgehead atoms. The van der Waals surface area contributed by atoms with Crippen molar-refractivity contribution in [2.75, 3.05) is 27.2 Å². The SMILES string of the molecule is Cc1c(CN2CC[C@H](c3[nH]ncc3C(=O)N(C)C)C2)cnn1C. The summed E-state index contributed by atoms with van der Waals surface area (Å²) in [5.41, 5.74) is 4.13. The number of likely N-dealkylation sites (tertiary alicyclic amines) is 1. The molecule has 0 spiro atoms. The van der Waals surface area contributed by atoms with E-state index in [1.165, 1.54) is 11.3 Å². The van der Waals surface area contributed by atoms with Crippen molar-refractivity contribution in [3.8, 4) is 0 Å². The van der Waals surface area contributed by atoms with E-state index in [9.17, 15) is 4.79 Å². The van der Waals surface area contributed by atoms with E-state index in [2.05, 4.69) is 27.1 Å². The quantitative estimate of drug-likeness (QED) is 0.918. The maximum atomic E-state index is 12.2. The summed E-state index contributed by atoms with van der Waals surface area (Å²) in [4.78, 5) is 16.3. The number of aromatic nitrogens is 4. The Morgan fingerprint density at radius 3 is 2.87 bits per heavy atom. The molecule has 7 heteroatoms. The summed E-state index contributed by atoms with van der Waals surface area (Å²) < 4.78 is 1.91. The molecule has 1 fully saturated rings. The first-order valence-electron chi connectivity index (χ1n) is 7.92. The lowest BCUT2D eigenvalue weighted by atomic mass is 10.0. The van der Waals surface area contributed by atoms with Gasteiger partial charge in [-0.3, -0.25) is 19.5 Å². The van der Waals surface area contributed by atoms with Gasteiger partial charge in [-0.05, 0) is 19.9 Å². The van der Waals surface area contributed by atoms with E-state index < -0.39 is 0 Å². The van der Waals surface area contributed by atoms with Crippen molar-refractivity contribution in [3.05, 3.63) is 34.9 Å². The van der Waals surface area contributed by atoms with Gasteiger partial charge in [-0.25, -0.2) is 0 Å². The number of hydrogen-bond acceptors (Lipinski definition) is 4. The molecule has 23 heavy (non-hydrogen) atoms. The van der Waals surface area contributed by atoms with Gasteiger partial charge in [0.05, 0.1) is 23.7 Å². The topological polar surface area (TPSA) is 70.1 Å². The summed E-state index contributed by atoms with van der Waals surface area (Å²) in [5.74, 6) is 0.337. The average molecular weight is 316 g/mol. The number of hydrogen-bond donors (Lipinski definition) is 1. The Morgan fingerprint density at radius 2 is 2.22 bits per heavy atom. The molecule has 7 nitrogen and oxygen atoms in total. The second-order valence-corrected chi connectivity index (χ2v) is 6.50. The summed E-state index contributed by atoms with van der Waals surface area (Å²) in [6, 6.07) is 0. The molecule has 0 saturated carbocycles. The second kappa shape index (κ2) is 6.16. The summed E-state index contributed by atoms with van der Waals surface area (Å²) in [7, 11) is 5.51. The van der Waals surface area contributed by atoms with E-state index in [-0.39, 0.29) is 5.91 Å². The number of amides is 1. The molecule has 0 unspecified atom stereocenters. The molecular formula is C16H24N6O. The first-order chi connectivity index (χ1) is 11.0. The predicted molar refractivity (Wildman–Crippen MR) is 87.2 cm³/mol. The monoisotopic (exact) mass is 316 g/mol. The van der Waals surface area contributed by atoms with Gasteiger partial charge in [0.25, 0.3) is 5.91 Å². The number of aromatic amines is 1. The molecule has 2 aromatic heterocycles. The minimum atomic E-state index is 0.00954. The number of rotatable bonds is 4. The third kappa shape index (κ3) is 3.01. The van der Waals surface area contributed by atoms with Crippen molar-refractivity contribution in [3.63, 3.8) is 0 Å². The van der Waals surface area contributed by atoms with Gasteiger partial charge >= 0.3 is 0 Å². The largest absolute Gasteiger partial charge is 0.345 e. The summed E-state index contributed by atoms with van der Waals surface area (Å²) in [5, 5.41) is 11.4. The summed E-state index contributed by atoms with van der Waals surface area (Å²) >= 11 is 0. The lowest BCUT2D eigenvalue weighted by Gasteiger charge is -2.16. The molecule has 1 aliphatic rings. The van der Waals surface area contributed by atoms with Crippen molar-refractivity contribution >= 4 is 5.91 Å². The third-order valence-corrected chi connectivity index (χ3v) is 4.72. The fourth-order valence-corrected chi connectivity index (χ4v) is 3.17. The molecule has 1 N–H and O–H groups in total. The minimum Gasteiger partial charge on any atom is -0.345 e. The number of nitrogens with zero attached hydrogens (tertiary/aromatic N) is 5. The zero-order valence-electron chi connectivity index (χ0n) is 14.2. The van der Waals surface area contributed by atoms with Crippen LogP contribution in [0.25, 0.3) is 0 Å². The standard InChI is InChI=1S/C16H24N6O/c1-11-13(7-18-21(11)4)10-22-6-5-12(9-22)15-14(8-17-19-15)16(23)20(2)3/h7-8,12H,5-6,9-10H2,1-4H3,(H,17,19)/t12-/m0/s1. The highest BCUT2D eigenvalue weighted by molar-refractivity contribution is 5.94. The molecule has 1 atom stereocenters. The van der Waals surface area contributed by atoms with Gasteiger partial charge in [-0.1, -0.05) is 0 Å². The van der Waals surface area contributed by atoms with Crippen molar-refractivity contribution in [1.82, 2.24) is 29.8 Å². The van der Waals surface area contributed by atoms with Crippen LogP contribution in [0.15, 0.2) is 12.4 Å². The van der Waals surface area contributed by atoms with Crippen LogP contribution in [0.2, 0.25) is 0 Å². The van der Waals surface area contributed by atoms with Crippen LogP contribution in [0.4, 0.5) is 0 Å². The lowest BCUT2D eigenvalue weighted by Crippen LogP contribution is -2.24. The highest BCUT2D eigenvalue weighted by Gasteiger charge is 2.29. The maximum absolute atomic E-state index is 12.2. The average Bonchev–Trinajstić information content (AvgIpc) is 3.23. The molecule has 1 saturated heterocycles. The first-order valence-corrected chi connectivity index (χ1v) is 7.92. The Kier molecular flexibility index (Phi) is 4.21. The van der Waals surface area contributed by atoms with Gasteiger partial charge in [0, 0.05) is 51.4 Å². The molecule has 3 heterocycles. The van der Waals surface area contributed by atoms with E-state index in [0.29, 0.717) is 11.5 Å². The van der Waals surface area contributed by atoms with Crippen LogP contribution in [-0.2, 0) is 13.6 Å². The van der Waals surface area contributed by atoms with Gasteiger partial charge in [-0.2, -0.15) is 10.2 Å². The third-order valence-electron chi connectivity index (χ3n) is 4.72. The van der Waals surface area contributed by atoms with Crippen LogP contribution >= 0.6 is 0 Å². The Labute approximate surface area is 136 Å². The normalized spacial score (nSPS) is 18.5. The highest BCUT2D eigenvalue weighted by Crippen LogP contribution is 2.29. The molecular weight excluding hydrogens is 292 g/mol. The number of carbonyl (C=O) groups is 1. The Morgan fingerprint density at radius 1 is 1.43 bits per heavy atom. The molecule has 0 aliphatic carbocycles. The molecule has 2 aromatic rings. The van der Waals surface area contributed by atoms with Gasteiger partial charge in [0.2, 0.25) is 0 Å². The lowest BCUT2D eigenvalue weighted by molar-refractivity contribution is 0.0826. The Hall–Kier alpha value is -2.15. The Balaban J connectivity index is 1.70. The van der Waals surface area contributed by atoms with E-state index in [4.69, 9.17) is 0 Å². The van der Waals surface area contributed by atoms with Gasteiger partial charge < -0.3 is 4.90 Å². The van der Waals surface area contributed by atoms with Crippen LogP contribution in [0.3, 0.4) is 0 Å². The molecule has 0 radical (unpaired) electrons. The molecule has 124 valence electrons. The van der Waals surface area contributed by atoms with Crippen LogP contribution < -0.4 is 0 Å². The van der Waals surface area contributed by atoms with Crippen molar-refractivity contribution in [2.45, 2.75) is 25.8 Å². The molecule has 0 aromatic carbocycles. The van der Waals surface area contributed by atoms with Crippen LogP contribution in [0.5, 0.6) is 0 Å². The fourth-order valence-electron chi connectivity index (χ4n) is 3.17. The molecule has 3 rings (SSSR count). The summed E-state index contributed by atoms with van der Waals surface area (Å²) in [6.45, 7) is 4.96. The van der Waals surface area contributed by atoms with E-state index >= 15 is 0 Å². The Bertz CT molecular complexity index is 701. The predicted octanol–water partition coefficient (Wildman–Crippen LogP) is 1.14.